The van der Waals surface area contributed by atoms with Gasteiger partial charge in [0.25, 0.3) is 0 Å². The van der Waals surface area contributed by atoms with E-state index in [9.17, 15) is 4.39 Å². The molecule has 0 radical (unpaired) electrons. The number of nitrogens with two attached hydrogens (primary N) is 1. The highest BCUT2D eigenvalue weighted by Crippen LogP contribution is 2.38. The molecule has 2 aromatic rings. The van der Waals surface area contributed by atoms with Crippen LogP contribution in [0.3, 0.4) is 0 Å². The lowest BCUT2D eigenvalue weighted by atomic mass is 10.0. The van der Waals surface area contributed by atoms with Crippen LogP contribution in [-0.4, -0.2) is 6.04 Å². The number of benzene rings is 1. The molecular weight excluding hydrogens is 271 g/mol. The zero-order valence-electron chi connectivity index (χ0n) is 11.6. The minimum Gasteiger partial charge on any atom is -0.361 e. The highest BCUT2D eigenvalue weighted by atomic mass is 32.1. The van der Waals surface area contributed by atoms with Gasteiger partial charge in [-0.05, 0) is 42.8 Å². The molecule has 0 amide bonds. The van der Waals surface area contributed by atoms with Crippen molar-refractivity contribution < 1.29 is 4.39 Å². The van der Waals surface area contributed by atoms with Gasteiger partial charge in [-0.3, -0.25) is 0 Å². The number of halogens is 1. The van der Waals surface area contributed by atoms with Crippen molar-refractivity contribution in [3.05, 3.63) is 52.0 Å². The maximum Gasteiger partial charge on any atom is 0.146 e. The lowest BCUT2D eigenvalue weighted by Gasteiger charge is -2.28. The molecule has 1 heterocycles. The van der Waals surface area contributed by atoms with Gasteiger partial charge in [0.2, 0.25) is 0 Å². The summed E-state index contributed by atoms with van der Waals surface area (Å²) in [5.41, 5.74) is 7.61. The Morgan fingerprint density at radius 3 is 2.75 bits per heavy atom. The molecule has 0 bridgehead atoms. The standard InChI is InChI=1S/C16H19FN2S/c1-11(18)14-5-2-6-15(17)16(14)19(12-7-8-12)10-13-4-3-9-20-13/h2-6,9,11-12H,7-8,10,18H2,1H3. The molecule has 1 aromatic heterocycles. The van der Waals surface area contributed by atoms with Crippen molar-refractivity contribution in [3.8, 4) is 0 Å². The van der Waals surface area contributed by atoms with Gasteiger partial charge in [-0.25, -0.2) is 4.39 Å². The highest BCUT2D eigenvalue weighted by molar-refractivity contribution is 7.09. The predicted molar refractivity (Wildman–Crippen MR) is 82.5 cm³/mol. The Morgan fingerprint density at radius 2 is 2.15 bits per heavy atom. The first kappa shape index (κ1) is 13.6. The third-order valence-corrected chi connectivity index (χ3v) is 4.55. The SMILES string of the molecule is CC(N)c1cccc(F)c1N(Cc1cccs1)C1CC1. The predicted octanol–water partition coefficient (Wildman–Crippen LogP) is 4.08. The van der Waals surface area contributed by atoms with Crippen LogP contribution in [0.25, 0.3) is 0 Å². The Hall–Kier alpha value is -1.39. The summed E-state index contributed by atoms with van der Waals surface area (Å²) in [5.74, 6) is -0.164. The lowest BCUT2D eigenvalue weighted by Crippen LogP contribution is -2.28. The van der Waals surface area contributed by atoms with E-state index in [-0.39, 0.29) is 11.9 Å². The van der Waals surface area contributed by atoms with E-state index in [0.29, 0.717) is 11.7 Å². The van der Waals surface area contributed by atoms with Gasteiger partial charge in [0.15, 0.2) is 0 Å². The average molecular weight is 290 g/mol. The molecular formula is C16H19FN2S. The maximum absolute atomic E-state index is 14.4. The first-order valence-electron chi connectivity index (χ1n) is 7.00. The fraction of sp³-hybridized carbons (Fsp3) is 0.375. The Bertz CT molecular complexity index is 576. The van der Waals surface area contributed by atoms with E-state index in [1.165, 1.54) is 10.9 Å². The van der Waals surface area contributed by atoms with Crippen molar-refractivity contribution in [2.45, 2.75) is 38.4 Å². The molecule has 1 unspecified atom stereocenters. The van der Waals surface area contributed by atoms with Crippen LogP contribution in [0.1, 0.15) is 36.2 Å². The number of para-hydroxylation sites is 1. The van der Waals surface area contributed by atoms with Gasteiger partial charge in [-0.1, -0.05) is 18.2 Å². The molecule has 3 rings (SSSR count). The van der Waals surface area contributed by atoms with Crippen LogP contribution in [-0.2, 0) is 6.54 Å². The first-order valence-corrected chi connectivity index (χ1v) is 7.88. The molecule has 20 heavy (non-hydrogen) atoms. The number of hydrogen-bond acceptors (Lipinski definition) is 3. The summed E-state index contributed by atoms with van der Waals surface area (Å²) in [4.78, 5) is 3.45. The maximum atomic E-state index is 14.4. The Kier molecular flexibility index (Phi) is 3.76. The van der Waals surface area contributed by atoms with Crippen molar-refractivity contribution in [1.29, 1.82) is 0 Å². The van der Waals surface area contributed by atoms with Gasteiger partial charge in [0.1, 0.15) is 5.82 Å². The normalized spacial score (nSPS) is 16.1. The molecule has 0 aliphatic heterocycles. The van der Waals surface area contributed by atoms with E-state index in [1.807, 2.05) is 19.1 Å². The quantitative estimate of drug-likeness (QED) is 0.899. The van der Waals surface area contributed by atoms with Gasteiger partial charge >= 0.3 is 0 Å². The zero-order chi connectivity index (χ0) is 14.1. The Balaban J connectivity index is 1.99. The number of thiophene rings is 1. The second-order valence-electron chi connectivity index (χ2n) is 5.40. The monoisotopic (exact) mass is 290 g/mol. The van der Waals surface area contributed by atoms with E-state index in [2.05, 4.69) is 16.3 Å². The van der Waals surface area contributed by atoms with Gasteiger partial charge in [0, 0.05) is 17.0 Å². The molecule has 1 saturated carbocycles. The molecule has 0 spiro atoms. The van der Waals surface area contributed by atoms with Crippen molar-refractivity contribution >= 4 is 17.0 Å². The molecule has 2 nitrogen and oxygen atoms in total. The van der Waals surface area contributed by atoms with Crippen LogP contribution in [0.2, 0.25) is 0 Å². The first-order chi connectivity index (χ1) is 9.66. The van der Waals surface area contributed by atoms with Gasteiger partial charge in [-0.2, -0.15) is 0 Å². The molecule has 1 aliphatic rings. The van der Waals surface area contributed by atoms with Crippen LogP contribution in [0.5, 0.6) is 0 Å². The van der Waals surface area contributed by atoms with Crippen molar-refractivity contribution in [3.63, 3.8) is 0 Å². The smallest absolute Gasteiger partial charge is 0.146 e. The third kappa shape index (κ3) is 2.72. The minimum atomic E-state index is -0.164. The van der Waals surface area contributed by atoms with Crippen molar-refractivity contribution in [2.24, 2.45) is 5.73 Å². The largest absolute Gasteiger partial charge is 0.361 e. The van der Waals surface area contributed by atoms with E-state index < -0.39 is 0 Å². The number of nitrogens with zero attached hydrogens (tertiary/aromatic N) is 1. The molecule has 106 valence electrons. The van der Waals surface area contributed by atoms with Crippen molar-refractivity contribution in [1.82, 2.24) is 0 Å². The molecule has 2 N–H and O–H groups in total. The summed E-state index contributed by atoms with van der Waals surface area (Å²) in [6, 6.07) is 9.65. The van der Waals surface area contributed by atoms with Gasteiger partial charge in [0.05, 0.1) is 12.2 Å². The molecule has 0 saturated heterocycles. The van der Waals surface area contributed by atoms with Gasteiger partial charge in [-0.15, -0.1) is 11.3 Å². The zero-order valence-corrected chi connectivity index (χ0v) is 12.4. The molecule has 1 fully saturated rings. The Labute approximate surface area is 123 Å². The number of rotatable bonds is 5. The summed E-state index contributed by atoms with van der Waals surface area (Å²) >= 11 is 1.72. The minimum absolute atomic E-state index is 0.162. The third-order valence-electron chi connectivity index (χ3n) is 3.69. The number of hydrogen-bond donors (Lipinski definition) is 1. The number of anilines is 1. The van der Waals surface area contributed by atoms with Crippen LogP contribution in [0.15, 0.2) is 35.7 Å². The summed E-state index contributed by atoms with van der Waals surface area (Å²) in [6.07, 6.45) is 2.27. The van der Waals surface area contributed by atoms with E-state index >= 15 is 0 Å². The van der Waals surface area contributed by atoms with Crippen molar-refractivity contribution in [2.75, 3.05) is 4.90 Å². The molecule has 1 aromatic carbocycles. The topological polar surface area (TPSA) is 29.3 Å². The summed E-state index contributed by atoms with van der Waals surface area (Å²) in [7, 11) is 0. The fourth-order valence-corrected chi connectivity index (χ4v) is 3.25. The molecule has 4 heteroatoms. The summed E-state index contributed by atoms with van der Waals surface area (Å²) in [6.45, 7) is 2.68. The van der Waals surface area contributed by atoms with E-state index in [1.54, 1.807) is 17.4 Å². The second kappa shape index (κ2) is 5.54. The van der Waals surface area contributed by atoms with E-state index in [0.717, 1.165) is 24.9 Å². The van der Waals surface area contributed by atoms with Gasteiger partial charge < -0.3 is 10.6 Å². The summed E-state index contributed by atoms with van der Waals surface area (Å²) < 4.78 is 14.4. The van der Waals surface area contributed by atoms with Crippen LogP contribution < -0.4 is 10.6 Å². The fourth-order valence-electron chi connectivity index (χ4n) is 2.55. The second-order valence-corrected chi connectivity index (χ2v) is 6.44. The molecule has 1 atom stereocenters. The lowest BCUT2D eigenvalue weighted by molar-refractivity contribution is 0.608. The average Bonchev–Trinajstić information content (AvgIpc) is 3.13. The van der Waals surface area contributed by atoms with Crippen LogP contribution >= 0.6 is 11.3 Å². The summed E-state index contributed by atoms with van der Waals surface area (Å²) in [5, 5.41) is 2.06. The Morgan fingerprint density at radius 1 is 1.35 bits per heavy atom. The molecule has 1 aliphatic carbocycles. The van der Waals surface area contributed by atoms with Crippen LogP contribution in [0, 0.1) is 5.82 Å². The highest BCUT2D eigenvalue weighted by Gasteiger charge is 2.32. The van der Waals surface area contributed by atoms with E-state index in [4.69, 9.17) is 5.73 Å². The van der Waals surface area contributed by atoms with Crippen LogP contribution in [0.4, 0.5) is 10.1 Å².